The van der Waals surface area contributed by atoms with E-state index < -0.39 is 15.9 Å². The first kappa shape index (κ1) is 23.5. The normalized spacial score (nSPS) is 15.1. The lowest BCUT2D eigenvalue weighted by molar-refractivity contribution is 0.102. The Kier molecular flexibility index (Phi) is 7.91. The molecule has 0 bridgehead atoms. The number of benzene rings is 1. The van der Waals surface area contributed by atoms with Gasteiger partial charge in [0.15, 0.2) is 11.6 Å². The van der Waals surface area contributed by atoms with Crippen LogP contribution in [0.4, 0.5) is 5.82 Å². The van der Waals surface area contributed by atoms with Crippen LogP contribution in [0.1, 0.15) is 56.3 Å². The molecule has 3 rings (SSSR count). The van der Waals surface area contributed by atoms with Crippen molar-refractivity contribution in [2.75, 3.05) is 11.9 Å². The lowest BCUT2D eigenvalue weighted by atomic mass is 9.90. The van der Waals surface area contributed by atoms with Crippen molar-refractivity contribution in [2.45, 2.75) is 56.9 Å². The summed E-state index contributed by atoms with van der Waals surface area (Å²) in [5.74, 6) is 0.686. The molecule has 0 atom stereocenters. The maximum Gasteiger partial charge on any atom is 0.258 e. The Bertz CT molecular complexity index is 1020. The fourth-order valence-corrected chi connectivity index (χ4v) is 5.04. The Morgan fingerprint density at radius 3 is 2.68 bits per heavy atom. The average Bonchev–Trinajstić information content (AvgIpc) is 2.73. The number of nitrogens with zero attached hydrogens (tertiary/aromatic N) is 1. The van der Waals surface area contributed by atoms with Crippen LogP contribution in [0.2, 0.25) is 5.02 Å². The summed E-state index contributed by atoms with van der Waals surface area (Å²) in [6.07, 6.45) is 7.54. The summed E-state index contributed by atoms with van der Waals surface area (Å²) in [5, 5.41) is 2.84. The number of hydrogen-bond acceptors (Lipinski definition) is 5. The van der Waals surface area contributed by atoms with E-state index in [2.05, 4.69) is 15.0 Å². The molecule has 1 aliphatic rings. The second kappa shape index (κ2) is 10.4. The van der Waals surface area contributed by atoms with Crippen LogP contribution in [0.25, 0.3) is 0 Å². The molecule has 0 unspecified atom stereocenters. The number of carbonyl (C=O) groups excluding carboxylic acids is 1. The van der Waals surface area contributed by atoms with Crippen molar-refractivity contribution >= 4 is 33.3 Å². The number of sulfonamides is 1. The Labute approximate surface area is 188 Å². The summed E-state index contributed by atoms with van der Waals surface area (Å²) in [6, 6.07) is 7.22. The molecule has 1 saturated carbocycles. The van der Waals surface area contributed by atoms with Gasteiger partial charge in [0, 0.05) is 12.2 Å². The van der Waals surface area contributed by atoms with Crippen LogP contribution in [-0.2, 0) is 10.0 Å². The third-order valence-corrected chi connectivity index (χ3v) is 7.07. The van der Waals surface area contributed by atoms with Crippen molar-refractivity contribution in [2.24, 2.45) is 5.92 Å². The molecule has 2 aromatic rings. The van der Waals surface area contributed by atoms with E-state index >= 15 is 0 Å². The average molecular weight is 466 g/mol. The molecule has 0 aliphatic heterocycles. The Morgan fingerprint density at radius 2 is 1.97 bits per heavy atom. The van der Waals surface area contributed by atoms with Gasteiger partial charge in [0.2, 0.25) is 10.0 Å². The highest BCUT2D eigenvalue weighted by Crippen LogP contribution is 2.28. The minimum atomic E-state index is -3.76. The van der Waals surface area contributed by atoms with E-state index in [4.69, 9.17) is 16.3 Å². The fraction of sp³-hybridized carbons (Fsp3) is 0.455. The summed E-state index contributed by atoms with van der Waals surface area (Å²) < 4.78 is 33.4. The van der Waals surface area contributed by atoms with E-state index in [0.717, 1.165) is 12.8 Å². The molecule has 1 amide bonds. The highest BCUT2D eigenvalue weighted by atomic mass is 35.5. The summed E-state index contributed by atoms with van der Waals surface area (Å²) in [4.78, 5) is 17.1. The zero-order chi connectivity index (χ0) is 22.4. The van der Waals surface area contributed by atoms with Crippen LogP contribution in [0.5, 0.6) is 5.75 Å². The highest BCUT2D eigenvalue weighted by Gasteiger charge is 2.21. The van der Waals surface area contributed by atoms with E-state index in [1.807, 2.05) is 0 Å². The van der Waals surface area contributed by atoms with Crippen molar-refractivity contribution in [1.29, 1.82) is 0 Å². The third-order valence-electron chi connectivity index (χ3n) is 5.09. The van der Waals surface area contributed by atoms with E-state index in [1.165, 1.54) is 37.5 Å². The first-order valence-corrected chi connectivity index (χ1v) is 12.3. The number of rotatable bonds is 8. The number of carbonyl (C=O) groups is 1. The predicted molar refractivity (Wildman–Crippen MR) is 121 cm³/mol. The van der Waals surface area contributed by atoms with E-state index in [1.54, 1.807) is 32.2 Å². The summed E-state index contributed by atoms with van der Waals surface area (Å²) in [5.41, 5.74) is 0.0391. The van der Waals surface area contributed by atoms with Gasteiger partial charge < -0.3 is 10.1 Å². The quantitative estimate of drug-likeness (QED) is 0.592. The molecule has 9 heteroatoms. The SMILES string of the molecule is CC(C)NS(=O)(=O)c1ccc(Cl)c(C(=O)Nc2ncccc2OCC2CCCCC2)c1. The van der Waals surface area contributed by atoms with Gasteiger partial charge in [-0.25, -0.2) is 18.1 Å². The Morgan fingerprint density at radius 1 is 1.23 bits per heavy atom. The Balaban J connectivity index is 1.76. The number of ether oxygens (including phenoxy) is 1. The van der Waals surface area contributed by atoms with E-state index in [9.17, 15) is 13.2 Å². The molecule has 0 radical (unpaired) electrons. The van der Waals surface area contributed by atoms with E-state index in [0.29, 0.717) is 18.3 Å². The molecular formula is C22H28ClN3O4S. The van der Waals surface area contributed by atoms with Crippen LogP contribution in [0.3, 0.4) is 0 Å². The van der Waals surface area contributed by atoms with Crippen molar-refractivity contribution in [1.82, 2.24) is 9.71 Å². The van der Waals surface area contributed by atoms with Crippen LogP contribution in [0, 0.1) is 5.92 Å². The molecule has 1 aromatic carbocycles. The van der Waals surface area contributed by atoms with Crippen LogP contribution >= 0.6 is 11.6 Å². The van der Waals surface area contributed by atoms with Crippen molar-refractivity contribution < 1.29 is 17.9 Å². The summed E-state index contributed by atoms with van der Waals surface area (Å²) in [7, 11) is -3.76. The van der Waals surface area contributed by atoms with Crippen molar-refractivity contribution in [3.63, 3.8) is 0 Å². The highest BCUT2D eigenvalue weighted by molar-refractivity contribution is 7.89. The maximum atomic E-state index is 12.9. The monoisotopic (exact) mass is 465 g/mol. The number of anilines is 1. The van der Waals surface area contributed by atoms with Crippen molar-refractivity contribution in [3.8, 4) is 5.75 Å². The molecule has 7 nitrogen and oxygen atoms in total. The van der Waals surface area contributed by atoms with Gasteiger partial charge >= 0.3 is 0 Å². The number of aromatic nitrogens is 1. The summed E-state index contributed by atoms with van der Waals surface area (Å²) >= 11 is 6.19. The Hall–Kier alpha value is -2.16. The molecule has 0 spiro atoms. The van der Waals surface area contributed by atoms with Gasteiger partial charge in [0.1, 0.15) is 0 Å². The number of hydrogen-bond donors (Lipinski definition) is 2. The first-order valence-electron chi connectivity index (χ1n) is 10.5. The van der Waals surface area contributed by atoms with Gasteiger partial charge in [-0.05, 0) is 62.9 Å². The predicted octanol–water partition coefficient (Wildman–Crippen LogP) is 4.63. The molecule has 1 fully saturated rings. The number of nitrogens with one attached hydrogen (secondary N) is 2. The maximum absolute atomic E-state index is 12.9. The first-order chi connectivity index (χ1) is 14.8. The minimum absolute atomic E-state index is 0.0365. The lowest BCUT2D eigenvalue weighted by Crippen LogP contribution is -2.30. The molecule has 1 heterocycles. The topological polar surface area (TPSA) is 97.4 Å². The van der Waals surface area contributed by atoms with Gasteiger partial charge in [0.05, 0.1) is 22.1 Å². The second-order valence-corrected chi connectivity index (χ2v) is 10.2. The number of halogens is 1. The molecule has 1 aliphatic carbocycles. The molecule has 1 aromatic heterocycles. The third kappa shape index (κ3) is 6.41. The van der Waals surface area contributed by atoms with Gasteiger partial charge in [0.25, 0.3) is 5.91 Å². The minimum Gasteiger partial charge on any atom is -0.489 e. The molecule has 168 valence electrons. The fourth-order valence-electron chi connectivity index (χ4n) is 3.56. The largest absolute Gasteiger partial charge is 0.489 e. The zero-order valence-electron chi connectivity index (χ0n) is 17.7. The van der Waals surface area contributed by atoms with Gasteiger partial charge in [-0.2, -0.15) is 0 Å². The van der Waals surface area contributed by atoms with E-state index in [-0.39, 0.29) is 27.3 Å². The van der Waals surface area contributed by atoms with Crippen LogP contribution in [0.15, 0.2) is 41.4 Å². The molecule has 31 heavy (non-hydrogen) atoms. The smallest absolute Gasteiger partial charge is 0.258 e. The van der Waals surface area contributed by atoms with Crippen LogP contribution < -0.4 is 14.8 Å². The standard InChI is InChI=1S/C22H28ClN3O4S/c1-15(2)26-31(28,29)17-10-11-19(23)18(13-17)22(27)25-21-20(9-6-12-24-21)30-14-16-7-4-3-5-8-16/h6,9-13,15-16,26H,3-5,7-8,14H2,1-2H3,(H,24,25,27). The molecular weight excluding hydrogens is 438 g/mol. The zero-order valence-corrected chi connectivity index (χ0v) is 19.3. The van der Waals surface area contributed by atoms with Crippen molar-refractivity contribution in [3.05, 3.63) is 47.1 Å². The number of amides is 1. The van der Waals surface area contributed by atoms with Gasteiger partial charge in [-0.3, -0.25) is 4.79 Å². The second-order valence-electron chi connectivity index (χ2n) is 8.04. The molecule has 2 N–H and O–H groups in total. The van der Waals surface area contributed by atoms with Gasteiger partial charge in [-0.1, -0.05) is 30.9 Å². The van der Waals surface area contributed by atoms with Gasteiger partial charge in [-0.15, -0.1) is 0 Å². The number of pyridine rings is 1. The van der Waals surface area contributed by atoms with Crippen LogP contribution in [-0.4, -0.2) is 32.0 Å². The summed E-state index contributed by atoms with van der Waals surface area (Å²) in [6.45, 7) is 4.01. The lowest BCUT2D eigenvalue weighted by Gasteiger charge is -2.22. The molecule has 0 saturated heterocycles.